The fraction of sp³-hybridized carbons (Fsp3) is 0.500. The van der Waals surface area contributed by atoms with Gasteiger partial charge in [-0.2, -0.15) is 18.3 Å². The van der Waals surface area contributed by atoms with Crippen LogP contribution in [-0.4, -0.2) is 72.0 Å². The van der Waals surface area contributed by atoms with Crippen molar-refractivity contribution >= 4 is 27.3 Å². The molecule has 1 fully saturated rings. The molecular weight excluding hydrogens is 469 g/mol. The van der Waals surface area contributed by atoms with Crippen molar-refractivity contribution in [3.8, 4) is 0 Å². The number of hydrogen-bond acceptors (Lipinski definition) is 5. The first kappa shape index (κ1) is 24.5. The van der Waals surface area contributed by atoms with Crippen molar-refractivity contribution in [3.63, 3.8) is 0 Å². The lowest BCUT2D eigenvalue weighted by Crippen LogP contribution is -2.45. The molecule has 1 aromatic carbocycles. The lowest BCUT2D eigenvalue weighted by Gasteiger charge is -2.33. The number of carbonyl (C=O) groups is 1. The number of carbonyl (C=O) groups excluding carboxylic acids is 1. The number of benzene rings is 1. The van der Waals surface area contributed by atoms with E-state index in [4.69, 9.17) is 11.6 Å². The predicted molar refractivity (Wildman–Crippen MR) is 114 cm³/mol. The Morgan fingerprint density at radius 1 is 1.34 bits per heavy atom. The second kappa shape index (κ2) is 9.80. The molecule has 2 heterocycles. The van der Waals surface area contributed by atoms with Crippen molar-refractivity contribution in [3.05, 3.63) is 52.3 Å². The summed E-state index contributed by atoms with van der Waals surface area (Å²) in [7, 11) is -3.18. The Labute approximate surface area is 189 Å². The third kappa shape index (κ3) is 6.23. The van der Waals surface area contributed by atoms with Gasteiger partial charge >= 0.3 is 6.18 Å². The topological polar surface area (TPSA) is 86.4 Å². The van der Waals surface area contributed by atoms with E-state index in [9.17, 15) is 26.4 Å². The van der Waals surface area contributed by atoms with Gasteiger partial charge in [0.15, 0.2) is 15.5 Å². The lowest BCUT2D eigenvalue weighted by atomic mass is 10.1. The van der Waals surface area contributed by atoms with Crippen LogP contribution in [0.3, 0.4) is 0 Å². The van der Waals surface area contributed by atoms with Crippen LogP contribution in [0.4, 0.5) is 13.2 Å². The van der Waals surface area contributed by atoms with Crippen LogP contribution in [0.15, 0.2) is 30.3 Å². The zero-order valence-corrected chi connectivity index (χ0v) is 19.0. The standard InChI is InChI=1S/C20H24ClF3N4O3S/c1-32(30,31)15-6-4-8-27(13-15)9-10-28(12-14-5-2-3-7-16(14)21)19(29)17-11-18(26-25-17)20(22,23)24/h2-3,5,7,11,15H,4,6,8-10,12-13H2,1H3,(H,25,26). The van der Waals surface area contributed by atoms with Gasteiger partial charge in [0.25, 0.3) is 5.91 Å². The number of H-pyrrole nitrogens is 1. The Balaban J connectivity index is 1.77. The molecule has 0 bridgehead atoms. The molecule has 3 rings (SSSR count). The highest BCUT2D eigenvalue weighted by Crippen LogP contribution is 2.28. The van der Waals surface area contributed by atoms with Crippen molar-refractivity contribution in [2.45, 2.75) is 30.8 Å². The van der Waals surface area contributed by atoms with E-state index in [0.29, 0.717) is 49.1 Å². The minimum atomic E-state index is -4.67. The van der Waals surface area contributed by atoms with Gasteiger partial charge in [0, 0.05) is 43.5 Å². The van der Waals surface area contributed by atoms with Crippen LogP contribution < -0.4 is 0 Å². The predicted octanol–water partition coefficient (Wildman–Crippen LogP) is 3.23. The van der Waals surface area contributed by atoms with Crippen molar-refractivity contribution in [2.75, 3.05) is 32.4 Å². The molecule has 0 aliphatic carbocycles. The van der Waals surface area contributed by atoms with E-state index in [-0.39, 0.29) is 18.8 Å². The highest BCUT2D eigenvalue weighted by molar-refractivity contribution is 7.91. The van der Waals surface area contributed by atoms with Crippen LogP contribution in [0, 0.1) is 0 Å². The van der Waals surface area contributed by atoms with E-state index in [1.165, 1.54) is 11.2 Å². The van der Waals surface area contributed by atoms with E-state index >= 15 is 0 Å². The third-order valence-electron chi connectivity index (χ3n) is 5.46. The van der Waals surface area contributed by atoms with Gasteiger partial charge in [-0.25, -0.2) is 8.42 Å². The van der Waals surface area contributed by atoms with Gasteiger partial charge in [-0.1, -0.05) is 29.8 Å². The zero-order valence-electron chi connectivity index (χ0n) is 17.4. The molecular formula is C20H24ClF3N4O3S. The minimum absolute atomic E-state index is 0.0855. The number of aromatic amines is 1. The summed E-state index contributed by atoms with van der Waals surface area (Å²) in [5.41, 5.74) is -0.812. The number of nitrogens with one attached hydrogen (secondary N) is 1. The molecule has 176 valence electrons. The molecule has 1 N–H and O–H groups in total. The molecule has 1 saturated heterocycles. The van der Waals surface area contributed by atoms with E-state index in [1.54, 1.807) is 24.3 Å². The molecule has 2 aromatic rings. The molecule has 1 unspecified atom stereocenters. The van der Waals surface area contributed by atoms with E-state index < -0.39 is 32.9 Å². The van der Waals surface area contributed by atoms with E-state index in [0.717, 1.165) is 0 Å². The van der Waals surface area contributed by atoms with Crippen LogP contribution in [0.5, 0.6) is 0 Å². The Bertz CT molecular complexity index is 1060. The number of amides is 1. The molecule has 0 saturated carbocycles. The second-order valence-corrected chi connectivity index (χ2v) is 10.6. The number of sulfone groups is 1. The highest BCUT2D eigenvalue weighted by Gasteiger charge is 2.35. The summed E-state index contributed by atoms with van der Waals surface area (Å²) in [6, 6.07) is 7.57. The van der Waals surface area contributed by atoms with Gasteiger partial charge < -0.3 is 9.80 Å². The highest BCUT2D eigenvalue weighted by atomic mass is 35.5. The molecule has 32 heavy (non-hydrogen) atoms. The maximum atomic E-state index is 13.0. The zero-order chi connectivity index (χ0) is 23.5. The molecule has 7 nitrogen and oxygen atoms in total. The number of halogens is 4. The molecule has 1 amide bonds. The summed E-state index contributed by atoms with van der Waals surface area (Å²) in [4.78, 5) is 16.4. The van der Waals surface area contributed by atoms with Crippen LogP contribution in [0.2, 0.25) is 5.02 Å². The van der Waals surface area contributed by atoms with Crippen molar-refractivity contribution in [1.82, 2.24) is 20.0 Å². The molecule has 1 atom stereocenters. The summed E-state index contributed by atoms with van der Waals surface area (Å²) in [5.74, 6) is -0.649. The van der Waals surface area contributed by atoms with Gasteiger partial charge in [-0.3, -0.25) is 9.89 Å². The van der Waals surface area contributed by atoms with Gasteiger partial charge in [-0.15, -0.1) is 0 Å². The first-order chi connectivity index (χ1) is 14.9. The van der Waals surface area contributed by atoms with Gasteiger partial charge in [0.05, 0.1) is 5.25 Å². The second-order valence-electron chi connectivity index (χ2n) is 7.88. The smallest absolute Gasteiger partial charge is 0.332 e. The fourth-order valence-electron chi connectivity index (χ4n) is 3.66. The first-order valence-corrected chi connectivity index (χ1v) is 12.3. The Kier molecular flexibility index (Phi) is 7.51. The summed E-state index contributed by atoms with van der Waals surface area (Å²) >= 11 is 6.22. The number of nitrogens with zero attached hydrogens (tertiary/aromatic N) is 3. The maximum Gasteiger partial charge on any atom is 0.435 e. The fourth-order valence-corrected chi connectivity index (χ4v) is 4.93. The van der Waals surface area contributed by atoms with E-state index in [2.05, 4.69) is 10.2 Å². The monoisotopic (exact) mass is 492 g/mol. The molecule has 0 radical (unpaired) electrons. The van der Waals surface area contributed by atoms with E-state index in [1.807, 2.05) is 4.90 Å². The number of piperidine rings is 1. The average molecular weight is 493 g/mol. The molecule has 12 heteroatoms. The summed E-state index contributed by atoms with van der Waals surface area (Å²) in [6.45, 7) is 1.68. The van der Waals surface area contributed by atoms with Gasteiger partial charge in [0.2, 0.25) is 0 Å². The summed E-state index contributed by atoms with van der Waals surface area (Å²) in [6.07, 6.45) is -2.15. The summed E-state index contributed by atoms with van der Waals surface area (Å²) < 4.78 is 62.6. The summed E-state index contributed by atoms with van der Waals surface area (Å²) in [5, 5.41) is 5.34. The maximum absolute atomic E-state index is 13.0. The third-order valence-corrected chi connectivity index (χ3v) is 7.42. The van der Waals surface area contributed by atoms with Crippen LogP contribution in [0.1, 0.15) is 34.6 Å². The van der Waals surface area contributed by atoms with Crippen LogP contribution >= 0.6 is 11.6 Å². The lowest BCUT2D eigenvalue weighted by molar-refractivity contribution is -0.141. The van der Waals surface area contributed by atoms with Crippen LogP contribution in [0.25, 0.3) is 0 Å². The normalized spacial score (nSPS) is 18.0. The number of aromatic nitrogens is 2. The first-order valence-electron chi connectivity index (χ1n) is 10.0. The van der Waals surface area contributed by atoms with Crippen LogP contribution in [-0.2, 0) is 22.6 Å². The molecule has 1 aliphatic rings. The van der Waals surface area contributed by atoms with Crippen molar-refractivity contribution in [1.29, 1.82) is 0 Å². The van der Waals surface area contributed by atoms with Gasteiger partial charge in [-0.05, 0) is 31.0 Å². The molecule has 1 aliphatic heterocycles. The number of likely N-dealkylation sites (tertiary alicyclic amines) is 1. The molecule has 0 spiro atoms. The van der Waals surface area contributed by atoms with Crippen molar-refractivity contribution in [2.24, 2.45) is 0 Å². The Morgan fingerprint density at radius 3 is 2.69 bits per heavy atom. The van der Waals surface area contributed by atoms with Crippen molar-refractivity contribution < 1.29 is 26.4 Å². The number of rotatable bonds is 7. The molecule has 1 aromatic heterocycles. The average Bonchev–Trinajstić information content (AvgIpc) is 3.22. The quantitative estimate of drug-likeness (QED) is 0.641. The number of hydrogen-bond donors (Lipinski definition) is 1. The Morgan fingerprint density at radius 2 is 2.06 bits per heavy atom. The SMILES string of the molecule is CS(=O)(=O)C1CCCN(CCN(Cc2ccccc2Cl)C(=O)c2cc(C(F)(F)F)n[nH]2)C1. The largest absolute Gasteiger partial charge is 0.435 e. The Hall–Kier alpha value is -2.11. The number of alkyl halides is 3. The van der Waals surface area contributed by atoms with Gasteiger partial charge in [0.1, 0.15) is 5.69 Å². The minimum Gasteiger partial charge on any atom is -0.332 e.